The van der Waals surface area contributed by atoms with Gasteiger partial charge in [0.1, 0.15) is 5.69 Å². The number of aromatic nitrogens is 2. The minimum atomic E-state index is -0.169. The molecule has 2 N–H and O–H groups in total. The first kappa shape index (κ1) is 11.2. The minimum Gasteiger partial charge on any atom is -0.493 e. The van der Waals surface area contributed by atoms with Crippen molar-refractivity contribution in [1.29, 1.82) is 0 Å². The van der Waals surface area contributed by atoms with Gasteiger partial charge in [-0.05, 0) is 18.4 Å². The Hall–Kier alpha value is -1.33. The predicted molar refractivity (Wildman–Crippen MR) is 64.8 cm³/mol. The van der Waals surface area contributed by atoms with Crippen LogP contribution in [0.15, 0.2) is 23.7 Å². The molecule has 5 heteroatoms. The monoisotopic (exact) mass is 237 g/mol. The molecule has 4 nitrogen and oxygen atoms in total. The fraction of sp³-hybridized carbons (Fsp3) is 0.364. The number of hydrogen-bond donors (Lipinski definition) is 1. The molecule has 0 bridgehead atoms. The van der Waals surface area contributed by atoms with Crippen molar-refractivity contribution in [2.45, 2.75) is 19.5 Å². The zero-order chi connectivity index (χ0) is 11.5. The van der Waals surface area contributed by atoms with Crippen LogP contribution in [0.2, 0.25) is 0 Å². The molecule has 0 aliphatic rings. The van der Waals surface area contributed by atoms with Crippen molar-refractivity contribution in [3.63, 3.8) is 0 Å². The van der Waals surface area contributed by atoms with Crippen LogP contribution in [0.5, 0.6) is 5.75 Å². The molecule has 2 heterocycles. The molecule has 0 amide bonds. The molecule has 2 rings (SSSR count). The lowest BCUT2D eigenvalue weighted by Gasteiger charge is -2.13. The Balaban J connectivity index is 2.41. The van der Waals surface area contributed by atoms with Crippen LogP contribution in [0.3, 0.4) is 0 Å². The number of aryl methyl sites for hydroxylation is 1. The van der Waals surface area contributed by atoms with Crippen LogP contribution in [-0.4, -0.2) is 16.9 Å². The van der Waals surface area contributed by atoms with Crippen molar-refractivity contribution in [2.75, 3.05) is 7.11 Å². The Labute approximate surface area is 98.6 Å². The second-order valence-corrected chi connectivity index (χ2v) is 4.39. The fourth-order valence-electron chi connectivity index (χ4n) is 1.70. The summed E-state index contributed by atoms with van der Waals surface area (Å²) in [7, 11) is 1.64. The number of rotatable bonds is 4. The zero-order valence-electron chi connectivity index (χ0n) is 9.38. The van der Waals surface area contributed by atoms with Gasteiger partial charge < -0.3 is 10.5 Å². The maximum absolute atomic E-state index is 6.23. The summed E-state index contributed by atoms with van der Waals surface area (Å²) in [4.78, 5) is 1.12. The highest BCUT2D eigenvalue weighted by atomic mass is 32.1. The summed E-state index contributed by atoms with van der Waals surface area (Å²) in [6.45, 7) is 2.83. The number of nitrogens with zero attached hydrogens (tertiary/aromatic N) is 2. The summed E-state index contributed by atoms with van der Waals surface area (Å²) < 4.78 is 7.17. The fourth-order valence-corrected chi connectivity index (χ4v) is 2.43. The van der Waals surface area contributed by atoms with Crippen molar-refractivity contribution >= 4 is 11.3 Å². The number of ether oxygens (including phenoxy) is 1. The zero-order valence-corrected chi connectivity index (χ0v) is 10.2. The van der Waals surface area contributed by atoms with Crippen molar-refractivity contribution in [3.8, 4) is 5.75 Å². The third-order valence-corrected chi connectivity index (χ3v) is 3.46. The normalized spacial score (nSPS) is 12.7. The summed E-state index contributed by atoms with van der Waals surface area (Å²) in [5.41, 5.74) is 7.16. The highest BCUT2D eigenvalue weighted by Crippen LogP contribution is 2.30. The molecule has 1 unspecified atom stereocenters. The number of methoxy groups -OCH3 is 1. The summed E-state index contributed by atoms with van der Waals surface area (Å²) in [5, 5.41) is 6.27. The number of thiophene rings is 1. The van der Waals surface area contributed by atoms with E-state index in [1.54, 1.807) is 24.6 Å². The smallest absolute Gasteiger partial charge is 0.161 e. The van der Waals surface area contributed by atoms with Crippen LogP contribution in [-0.2, 0) is 6.54 Å². The molecule has 0 aliphatic heterocycles. The molecule has 0 spiro atoms. The van der Waals surface area contributed by atoms with Gasteiger partial charge in [0.05, 0.1) is 19.3 Å². The predicted octanol–water partition coefficient (Wildman–Crippen LogP) is 2.02. The second kappa shape index (κ2) is 4.67. The van der Waals surface area contributed by atoms with Gasteiger partial charge in [0.15, 0.2) is 5.75 Å². The van der Waals surface area contributed by atoms with Gasteiger partial charge in [-0.1, -0.05) is 6.07 Å². The lowest BCUT2D eigenvalue weighted by Crippen LogP contribution is -2.16. The molecular weight excluding hydrogens is 222 g/mol. The molecular formula is C11H15N3OS. The molecule has 0 radical (unpaired) electrons. The lowest BCUT2D eigenvalue weighted by atomic mass is 10.1. The highest BCUT2D eigenvalue weighted by molar-refractivity contribution is 7.10. The Bertz CT molecular complexity index is 428. The average Bonchev–Trinajstić information content (AvgIpc) is 2.96. The van der Waals surface area contributed by atoms with Gasteiger partial charge in [0, 0.05) is 11.4 Å². The summed E-state index contributed by atoms with van der Waals surface area (Å²) >= 11 is 1.65. The van der Waals surface area contributed by atoms with Gasteiger partial charge in [0.2, 0.25) is 0 Å². The minimum absolute atomic E-state index is 0.169. The van der Waals surface area contributed by atoms with Crippen molar-refractivity contribution < 1.29 is 4.74 Å². The largest absolute Gasteiger partial charge is 0.493 e. The average molecular weight is 237 g/mol. The van der Waals surface area contributed by atoms with Crippen LogP contribution in [0.1, 0.15) is 23.5 Å². The third kappa shape index (κ3) is 1.83. The molecule has 2 aromatic heterocycles. The summed E-state index contributed by atoms with van der Waals surface area (Å²) in [6, 6.07) is 3.86. The van der Waals surface area contributed by atoms with Crippen molar-refractivity contribution in [2.24, 2.45) is 5.73 Å². The Kier molecular flexibility index (Phi) is 3.26. The van der Waals surface area contributed by atoms with Gasteiger partial charge in [-0.2, -0.15) is 5.10 Å². The van der Waals surface area contributed by atoms with E-state index in [1.807, 2.05) is 29.1 Å². The van der Waals surface area contributed by atoms with E-state index in [2.05, 4.69) is 5.10 Å². The van der Waals surface area contributed by atoms with Crippen molar-refractivity contribution in [3.05, 3.63) is 34.3 Å². The van der Waals surface area contributed by atoms with Gasteiger partial charge in [-0.25, -0.2) is 0 Å². The maximum Gasteiger partial charge on any atom is 0.161 e. The summed E-state index contributed by atoms with van der Waals surface area (Å²) in [5.74, 6) is 0.753. The van der Waals surface area contributed by atoms with Crippen LogP contribution in [0, 0.1) is 0 Å². The first-order valence-corrected chi connectivity index (χ1v) is 6.04. The highest BCUT2D eigenvalue weighted by Gasteiger charge is 2.20. The van der Waals surface area contributed by atoms with E-state index in [-0.39, 0.29) is 6.04 Å². The van der Waals surface area contributed by atoms with Crippen LogP contribution < -0.4 is 10.5 Å². The number of hydrogen-bond acceptors (Lipinski definition) is 4. The summed E-state index contributed by atoms with van der Waals surface area (Å²) in [6.07, 6.45) is 1.71. The molecule has 1 atom stereocenters. The quantitative estimate of drug-likeness (QED) is 0.885. The van der Waals surface area contributed by atoms with E-state index >= 15 is 0 Å². The second-order valence-electron chi connectivity index (χ2n) is 3.41. The van der Waals surface area contributed by atoms with Crippen LogP contribution in [0.25, 0.3) is 0 Å². The Morgan fingerprint density at radius 3 is 3.00 bits per heavy atom. The first-order chi connectivity index (χ1) is 7.77. The van der Waals surface area contributed by atoms with Gasteiger partial charge in [0.25, 0.3) is 0 Å². The Morgan fingerprint density at radius 2 is 2.44 bits per heavy atom. The van der Waals surface area contributed by atoms with E-state index in [0.717, 1.165) is 22.9 Å². The van der Waals surface area contributed by atoms with E-state index in [1.165, 1.54) is 0 Å². The molecule has 0 saturated heterocycles. The van der Waals surface area contributed by atoms with E-state index in [0.29, 0.717) is 0 Å². The van der Waals surface area contributed by atoms with Crippen LogP contribution >= 0.6 is 11.3 Å². The Morgan fingerprint density at radius 1 is 1.62 bits per heavy atom. The molecule has 0 aliphatic carbocycles. The molecule has 0 saturated carbocycles. The number of nitrogens with two attached hydrogens (primary N) is 1. The van der Waals surface area contributed by atoms with Crippen molar-refractivity contribution in [1.82, 2.24) is 9.78 Å². The standard InChI is InChI=1S/C11H15N3OS/c1-3-14-11(8(15-2)7-13-14)10(12)9-5-4-6-16-9/h4-7,10H,3,12H2,1-2H3. The molecule has 16 heavy (non-hydrogen) atoms. The molecule has 86 valence electrons. The van der Waals surface area contributed by atoms with E-state index in [9.17, 15) is 0 Å². The van der Waals surface area contributed by atoms with Gasteiger partial charge in [-0.3, -0.25) is 4.68 Å². The third-order valence-electron chi connectivity index (χ3n) is 2.51. The van der Waals surface area contributed by atoms with Gasteiger partial charge >= 0.3 is 0 Å². The van der Waals surface area contributed by atoms with Gasteiger partial charge in [-0.15, -0.1) is 11.3 Å². The lowest BCUT2D eigenvalue weighted by molar-refractivity contribution is 0.405. The maximum atomic E-state index is 6.23. The van der Waals surface area contributed by atoms with E-state index < -0.39 is 0 Å². The van der Waals surface area contributed by atoms with Crippen LogP contribution in [0.4, 0.5) is 0 Å². The topological polar surface area (TPSA) is 53.1 Å². The molecule has 0 fully saturated rings. The SMILES string of the molecule is CCn1ncc(OC)c1C(N)c1cccs1. The first-order valence-electron chi connectivity index (χ1n) is 5.16. The molecule has 0 aromatic carbocycles. The molecule has 2 aromatic rings. The van der Waals surface area contributed by atoms with E-state index in [4.69, 9.17) is 10.5 Å².